The fraction of sp³-hybridized carbons (Fsp3) is 0.556. The topological polar surface area (TPSA) is 69.6 Å². The van der Waals surface area contributed by atoms with Crippen molar-refractivity contribution in [1.29, 1.82) is 0 Å². The first-order valence-corrected chi connectivity index (χ1v) is 8.24. The Hall–Kier alpha value is -1.88. The van der Waals surface area contributed by atoms with Crippen LogP contribution in [0.1, 0.15) is 38.2 Å². The number of benzene rings is 1. The first kappa shape index (κ1) is 17.5. The third-order valence-corrected chi connectivity index (χ3v) is 4.74. The molecule has 23 heavy (non-hydrogen) atoms. The van der Waals surface area contributed by atoms with Crippen LogP contribution >= 0.6 is 0 Å². The third kappa shape index (κ3) is 5.06. The van der Waals surface area contributed by atoms with Gasteiger partial charge in [-0.2, -0.15) is 0 Å². The van der Waals surface area contributed by atoms with E-state index in [0.717, 1.165) is 19.4 Å². The molecule has 0 heterocycles. The molecular formula is C18H26N2O3. The van der Waals surface area contributed by atoms with Crippen molar-refractivity contribution in [3.05, 3.63) is 35.9 Å². The smallest absolute Gasteiger partial charge is 0.306 e. The zero-order valence-electron chi connectivity index (χ0n) is 13.9. The van der Waals surface area contributed by atoms with E-state index < -0.39 is 5.97 Å². The minimum atomic E-state index is -0.717. The van der Waals surface area contributed by atoms with Crippen LogP contribution in [0.3, 0.4) is 0 Å². The van der Waals surface area contributed by atoms with Crippen LogP contribution in [-0.2, 0) is 16.1 Å². The zero-order chi connectivity index (χ0) is 16.8. The molecule has 5 heteroatoms. The lowest BCUT2D eigenvalue weighted by Crippen LogP contribution is -2.47. The predicted octanol–water partition coefficient (Wildman–Crippen LogP) is 2.27. The number of nitrogens with one attached hydrogen (secondary N) is 1. The van der Waals surface area contributed by atoms with Crippen LogP contribution in [0.5, 0.6) is 0 Å². The van der Waals surface area contributed by atoms with E-state index >= 15 is 0 Å². The number of carbonyl (C=O) groups excluding carboxylic acids is 1. The molecule has 1 aliphatic rings. The van der Waals surface area contributed by atoms with E-state index in [9.17, 15) is 9.59 Å². The number of likely N-dealkylation sites (N-methyl/N-ethyl adjacent to an activating group) is 1. The van der Waals surface area contributed by atoms with Gasteiger partial charge < -0.3 is 10.4 Å². The maximum atomic E-state index is 12.4. The van der Waals surface area contributed by atoms with Crippen molar-refractivity contribution in [1.82, 2.24) is 10.2 Å². The highest BCUT2D eigenvalue weighted by molar-refractivity contribution is 5.81. The molecule has 5 nitrogen and oxygen atoms in total. The second-order valence-corrected chi connectivity index (χ2v) is 6.47. The van der Waals surface area contributed by atoms with Gasteiger partial charge in [-0.25, -0.2) is 0 Å². The molecule has 1 fully saturated rings. The molecule has 1 aromatic rings. The Balaban J connectivity index is 1.80. The lowest BCUT2D eigenvalue weighted by Gasteiger charge is -2.30. The van der Waals surface area contributed by atoms with Gasteiger partial charge in [-0.05, 0) is 45.2 Å². The SMILES string of the molecule is CC(C(=O)NC1CCC(C(=O)O)CC1)N(C)Cc1ccccc1. The van der Waals surface area contributed by atoms with E-state index in [-0.39, 0.29) is 23.9 Å². The van der Waals surface area contributed by atoms with E-state index in [1.165, 1.54) is 5.56 Å². The Kier molecular flexibility index (Phi) is 6.16. The Labute approximate surface area is 137 Å². The van der Waals surface area contributed by atoms with Gasteiger partial charge in [-0.3, -0.25) is 14.5 Å². The number of carbonyl (C=O) groups is 2. The minimum Gasteiger partial charge on any atom is -0.481 e. The van der Waals surface area contributed by atoms with Gasteiger partial charge in [-0.1, -0.05) is 30.3 Å². The van der Waals surface area contributed by atoms with Gasteiger partial charge in [0.15, 0.2) is 0 Å². The van der Waals surface area contributed by atoms with Gasteiger partial charge in [0.1, 0.15) is 0 Å². The van der Waals surface area contributed by atoms with E-state index in [2.05, 4.69) is 5.32 Å². The summed E-state index contributed by atoms with van der Waals surface area (Å²) in [6, 6.07) is 9.96. The molecule has 1 unspecified atom stereocenters. The van der Waals surface area contributed by atoms with Crippen molar-refractivity contribution < 1.29 is 14.7 Å². The molecular weight excluding hydrogens is 292 g/mol. The molecule has 1 atom stereocenters. The van der Waals surface area contributed by atoms with E-state index in [1.54, 1.807) is 0 Å². The Morgan fingerprint density at radius 2 is 1.83 bits per heavy atom. The number of carboxylic acid groups (broad SMARTS) is 1. The highest BCUT2D eigenvalue weighted by Crippen LogP contribution is 2.24. The summed E-state index contributed by atoms with van der Waals surface area (Å²) < 4.78 is 0. The van der Waals surface area contributed by atoms with E-state index in [0.29, 0.717) is 12.8 Å². The molecule has 1 aliphatic carbocycles. The van der Waals surface area contributed by atoms with Gasteiger partial charge >= 0.3 is 5.97 Å². The molecule has 2 N–H and O–H groups in total. The standard InChI is InChI=1S/C18H26N2O3/c1-13(20(2)12-14-6-4-3-5-7-14)17(21)19-16-10-8-15(9-11-16)18(22)23/h3-7,13,15-16H,8-12H2,1-2H3,(H,19,21)(H,22,23). The highest BCUT2D eigenvalue weighted by atomic mass is 16.4. The summed E-state index contributed by atoms with van der Waals surface area (Å²) in [5, 5.41) is 12.1. The van der Waals surface area contributed by atoms with Crippen molar-refractivity contribution in [2.45, 2.75) is 51.2 Å². The van der Waals surface area contributed by atoms with Gasteiger partial charge in [0.2, 0.25) is 5.91 Å². The Morgan fingerprint density at radius 1 is 1.22 bits per heavy atom. The molecule has 0 radical (unpaired) electrons. The number of amides is 1. The van der Waals surface area contributed by atoms with Crippen LogP contribution in [0.25, 0.3) is 0 Å². The van der Waals surface area contributed by atoms with Crippen LogP contribution < -0.4 is 5.32 Å². The van der Waals surface area contributed by atoms with Crippen LogP contribution in [0.2, 0.25) is 0 Å². The quantitative estimate of drug-likeness (QED) is 0.844. The molecule has 0 saturated heterocycles. The van der Waals surface area contributed by atoms with E-state index in [4.69, 9.17) is 5.11 Å². The summed E-state index contributed by atoms with van der Waals surface area (Å²) in [7, 11) is 1.94. The molecule has 0 spiro atoms. The predicted molar refractivity (Wildman–Crippen MR) is 88.9 cm³/mol. The van der Waals surface area contributed by atoms with Crippen LogP contribution in [-0.4, -0.2) is 41.0 Å². The van der Waals surface area contributed by atoms with Crippen LogP contribution in [0, 0.1) is 5.92 Å². The zero-order valence-corrected chi connectivity index (χ0v) is 13.9. The number of nitrogens with zero attached hydrogens (tertiary/aromatic N) is 1. The van der Waals surface area contributed by atoms with Crippen molar-refractivity contribution >= 4 is 11.9 Å². The maximum Gasteiger partial charge on any atom is 0.306 e. The summed E-state index contributed by atoms with van der Waals surface area (Å²) in [5.41, 5.74) is 1.18. The van der Waals surface area contributed by atoms with Gasteiger partial charge in [0.05, 0.1) is 12.0 Å². The molecule has 2 rings (SSSR count). The summed E-state index contributed by atoms with van der Waals surface area (Å²) in [6.07, 6.45) is 2.79. The number of aliphatic carboxylic acids is 1. The van der Waals surface area contributed by atoms with Crippen molar-refractivity contribution in [2.24, 2.45) is 5.92 Å². The first-order chi connectivity index (χ1) is 11.0. The second-order valence-electron chi connectivity index (χ2n) is 6.47. The number of carboxylic acids is 1. The van der Waals surface area contributed by atoms with Crippen molar-refractivity contribution in [3.63, 3.8) is 0 Å². The second kappa shape index (κ2) is 8.11. The number of rotatable bonds is 6. The van der Waals surface area contributed by atoms with E-state index in [1.807, 2.05) is 49.2 Å². The maximum absolute atomic E-state index is 12.4. The fourth-order valence-electron chi connectivity index (χ4n) is 3.01. The molecule has 1 aromatic carbocycles. The highest BCUT2D eigenvalue weighted by Gasteiger charge is 2.28. The summed E-state index contributed by atoms with van der Waals surface area (Å²) >= 11 is 0. The Morgan fingerprint density at radius 3 is 2.39 bits per heavy atom. The molecule has 126 valence electrons. The lowest BCUT2D eigenvalue weighted by molar-refractivity contribution is -0.142. The summed E-state index contributed by atoms with van der Waals surface area (Å²) in [5.74, 6) is -0.950. The van der Waals surface area contributed by atoms with Gasteiger partial charge in [0.25, 0.3) is 0 Å². The van der Waals surface area contributed by atoms with Crippen molar-refractivity contribution in [3.8, 4) is 0 Å². The summed E-state index contributed by atoms with van der Waals surface area (Å²) in [6.45, 7) is 2.63. The van der Waals surface area contributed by atoms with Crippen LogP contribution in [0.15, 0.2) is 30.3 Å². The average Bonchev–Trinajstić information content (AvgIpc) is 2.55. The molecule has 1 amide bonds. The molecule has 0 aromatic heterocycles. The Bertz CT molecular complexity index is 524. The fourth-order valence-corrected chi connectivity index (χ4v) is 3.01. The van der Waals surface area contributed by atoms with Crippen LogP contribution in [0.4, 0.5) is 0 Å². The molecule has 1 saturated carbocycles. The normalized spacial score (nSPS) is 22.6. The minimum absolute atomic E-state index is 0.0159. The summed E-state index contributed by atoms with van der Waals surface area (Å²) in [4.78, 5) is 25.4. The van der Waals surface area contributed by atoms with Gasteiger partial charge in [0, 0.05) is 12.6 Å². The lowest BCUT2D eigenvalue weighted by atomic mass is 9.86. The monoisotopic (exact) mass is 318 g/mol. The number of hydrogen-bond donors (Lipinski definition) is 2. The largest absolute Gasteiger partial charge is 0.481 e. The van der Waals surface area contributed by atoms with Gasteiger partial charge in [-0.15, -0.1) is 0 Å². The number of hydrogen-bond acceptors (Lipinski definition) is 3. The third-order valence-electron chi connectivity index (χ3n) is 4.74. The first-order valence-electron chi connectivity index (χ1n) is 8.24. The average molecular weight is 318 g/mol. The molecule has 0 bridgehead atoms. The molecule has 0 aliphatic heterocycles. The van der Waals surface area contributed by atoms with Crippen molar-refractivity contribution in [2.75, 3.05) is 7.05 Å².